The van der Waals surface area contributed by atoms with Crippen LogP contribution < -0.4 is 0 Å². The maximum absolute atomic E-state index is 11.4. The normalized spacial score (nSPS) is 12.9. The van der Waals surface area contributed by atoms with E-state index in [0.29, 0.717) is 6.61 Å². The number of hydrogen-bond acceptors (Lipinski definition) is 4. The summed E-state index contributed by atoms with van der Waals surface area (Å²) in [4.78, 5) is 16.1. The number of halogens is 1. The number of benzene rings is 1. The Labute approximate surface area is 192 Å². The van der Waals surface area contributed by atoms with Crippen LogP contribution in [0, 0.1) is 5.41 Å². The minimum Gasteiger partial charge on any atom is -0.465 e. The molecular weight excluding hydrogens is 456 g/mol. The van der Waals surface area contributed by atoms with Crippen LogP contribution in [0.15, 0.2) is 41.0 Å². The molecule has 0 fully saturated rings. The predicted molar refractivity (Wildman–Crippen MR) is 128 cm³/mol. The van der Waals surface area contributed by atoms with Gasteiger partial charge in [-0.25, -0.2) is 0 Å². The third-order valence-corrected chi connectivity index (χ3v) is 6.09. The van der Waals surface area contributed by atoms with Gasteiger partial charge < -0.3 is 14.0 Å². The van der Waals surface area contributed by atoms with Crippen molar-refractivity contribution >= 4 is 32.8 Å². The summed E-state index contributed by atoms with van der Waals surface area (Å²) in [5.41, 5.74) is 5.32. The van der Waals surface area contributed by atoms with Crippen molar-refractivity contribution in [3.8, 4) is 11.3 Å². The number of nitrogens with zero attached hydrogens (tertiary/aromatic N) is 2. The molecule has 3 aromatic rings. The molecule has 0 saturated carbocycles. The second-order valence-electron chi connectivity index (χ2n) is 8.67. The Kier molecular flexibility index (Phi) is 7.22. The van der Waals surface area contributed by atoms with E-state index in [1.807, 2.05) is 19.2 Å². The van der Waals surface area contributed by atoms with Crippen LogP contribution in [0.1, 0.15) is 52.0 Å². The minimum absolute atomic E-state index is 0.131. The first-order chi connectivity index (χ1) is 14.7. The number of rotatable bonds is 8. The molecule has 166 valence electrons. The number of pyridine rings is 1. The molecule has 0 unspecified atom stereocenters. The van der Waals surface area contributed by atoms with Gasteiger partial charge in [-0.05, 0) is 56.2 Å². The number of carbonyl (C=O) groups excluding carboxylic acids is 1. The van der Waals surface area contributed by atoms with Crippen molar-refractivity contribution in [3.05, 3.63) is 52.3 Å². The summed E-state index contributed by atoms with van der Waals surface area (Å²) < 4.78 is 14.4. The van der Waals surface area contributed by atoms with E-state index in [1.54, 1.807) is 7.11 Å². The maximum atomic E-state index is 11.4. The maximum Gasteiger partial charge on any atom is 0.302 e. The Morgan fingerprint density at radius 2 is 2.03 bits per heavy atom. The van der Waals surface area contributed by atoms with E-state index in [4.69, 9.17) is 9.47 Å². The topological polar surface area (TPSA) is 53.4 Å². The first-order valence-electron chi connectivity index (χ1n) is 10.6. The summed E-state index contributed by atoms with van der Waals surface area (Å²) in [6.07, 6.45) is 2.44. The molecule has 2 heterocycles. The first-order valence-corrected chi connectivity index (χ1v) is 11.4. The van der Waals surface area contributed by atoms with Crippen molar-refractivity contribution in [1.29, 1.82) is 0 Å². The summed E-state index contributed by atoms with van der Waals surface area (Å²) in [5.74, 6) is -0.254. The Balaban J connectivity index is 2.28. The molecule has 5 nitrogen and oxygen atoms in total. The molecule has 0 radical (unpaired) electrons. The third kappa shape index (κ3) is 5.01. The lowest BCUT2D eigenvalue weighted by atomic mass is 9.84. The summed E-state index contributed by atoms with van der Waals surface area (Å²) in [6, 6.07) is 10.5. The second kappa shape index (κ2) is 9.53. The molecule has 0 amide bonds. The van der Waals surface area contributed by atoms with E-state index in [-0.39, 0.29) is 17.5 Å². The van der Waals surface area contributed by atoms with Gasteiger partial charge in [0, 0.05) is 53.1 Å². The molecule has 0 aliphatic heterocycles. The molecule has 0 aliphatic rings. The molecule has 0 N–H and O–H groups in total. The Hall–Kier alpha value is -2.18. The second-order valence-corrected chi connectivity index (χ2v) is 9.58. The minimum atomic E-state index is -0.254. The highest BCUT2D eigenvalue weighted by Crippen LogP contribution is 2.41. The molecule has 6 heteroatoms. The zero-order valence-electron chi connectivity index (χ0n) is 19.2. The van der Waals surface area contributed by atoms with Crippen LogP contribution in [-0.4, -0.2) is 29.2 Å². The Morgan fingerprint density at radius 3 is 2.68 bits per heavy atom. The van der Waals surface area contributed by atoms with Crippen molar-refractivity contribution in [2.45, 2.75) is 53.7 Å². The zero-order valence-corrected chi connectivity index (χ0v) is 20.7. The molecule has 1 aromatic carbocycles. The summed E-state index contributed by atoms with van der Waals surface area (Å²) in [7, 11) is 1.71. The van der Waals surface area contributed by atoms with Gasteiger partial charge in [0.15, 0.2) is 0 Å². The average molecular weight is 487 g/mol. The summed E-state index contributed by atoms with van der Waals surface area (Å²) in [5, 5.41) is 1.20. The molecule has 3 rings (SSSR count). The quantitative estimate of drug-likeness (QED) is 0.349. The van der Waals surface area contributed by atoms with Crippen LogP contribution in [0.25, 0.3) is 22.2 Å². The average Bonchev–Trinajstić information content (AvgIpc) is 3.03. The van der Waals surface area contributed by atoms with Crippen LogP contribution in [-0.2, 0) is 27.2 Å². The zero-order chi connectivity index (χ0) is 22.8. The van der Waals surface area contributed by atoms with Crippen LogP contribution in [0.2, 0.25) is 0 Å². The number of fused-ring (bicyclic) bond motifs is 1. The van der Waals surface area contributed by atoms with E-state index < -0.39 is 0 Å². The predicted octanol–water partition coefficient (Wildman–Crippen LogP) is 6.32. The number of hydrogen-bond donors (Lipinski definition) is 0. The Bertz CT molecular complexity index is 1090. The van der Waals surface area contributed by atoms with Gasteiger partial charge in [-0.1, -0.05) is 29.8 Å². The highest BCUT2D eigenvalue weighted by Gasteiger charge is 2.28. The largest absolute Gasteiger partial charge is 0.465 e. The molecule has 0 spiro atoms. The summed E-state index contributed by atoms with van der Waals surface area (Å²) in [6.45, 7) is 11.1. The molecular formula is C25H31BrN2O3. The van der Waals surface area contributed by atoms with Crippen molar-refractivity contribution < 1.29 is 14.3 Å². The molecule has 2 aromatic heterocycles. The van der Waals surface area contributed by atoms with E-state index in [1.165, 1.54) is 23.4 Å². The number of esters is 1. The number of methoxy groups -OCH3 is 1. The number of carbonyl (C=O) groups is 1. The Morgan fingerprint density at radius 1 is 1.29 bits per heavy atom. The molecule has 0 saturated heterocycles. The van der Waals surface area contributed by atoms with Crippen molar-refractivity contribution in [2.75, 3.05) is 13.7 Å². The van der Waals surface area contributed by atoms with Crippen LogP contribution >= 0.6 is 15.9 Å². The van der Waals surface area contributed by atoms with Gasteiger partial charge in [0.2, 0.25) is 0 Å². The van der Waals surface area contributed by atoms with E-state index in [2.05, 4.69) is 70.5 Å². The van der Waals surface area contributed by atoms with E-state index in [9.17, 15) is 4.79 Å². The first kappa shape index (κ1) is 23.5. The number of ether oxygens (including phenoxy) is 2. The van der Waals surface area contributed by atoms with Gasteiger partial charge in [-0.3, -0.25) is 9.78 Å². The standard InChI is InChI=1S/C25H31BrN2O3/c1-7-28-22-11-10-18(26)13-20(22)21(14-25(4,5)15-31-17(3)29)24(28)19-9-8-12-27-23(19)16(2)30-6/h8-13,16H,7,14-15H2,1-6H3/t16-/m0/s1. The van der Waals surface area contributed by atoms with Crippen molar-refractivity contribution in [1.82, 2.24) is 9.55 Å². The lowest BCUT2D eigenvalue weighted by Crippen LogP contribution is -2.24. The van der Waals surface area contributed by atoms with E-state index >= 15 is 0 Å². The van der Waals surface area contributed by atoms with Crippen LogP contribution in [0.3, 0.4) is 0 Å². The highest BCUT2D eigenvalue weighted by molar-refractivity contribution is 9.10. The third-order valence-electron chi connectivity index (χ3n) is 5.60. The number of aromatic nitrogens is 2. The SMILES string of the molecule is CCn1c(-c2cccnc2[C@H](C)OC)c(CC(C)(C)COC(C)=O)c2cc(Br)ccc21. The fourth-order valence-electron chi connectivity index (χ4n) is 4.09. The van der Waals surface area contributed by atoms with Gasteiger partial charge in [0.05, 0.1) is 24.1 Å². The van der Waals surface area contributed by atoms with Crippen LogP contribution in [0.5, 0.6) is 0 Å². The van der Waals surface area contributed by atoms with Crippen molar-refractivity contribution in [2.24, 2.45) is 5.41 Å². The van der Waals surface area contributed by atoms with Gasteiger partial charge in [0.25, 0.3) is 0 Å². The molecule has 1 atom stereocenters. The summed E-state index contributed by atoms with van der Waals surface area (Å²) >= 11 is 3.65. The molecule has 31 heavy (non-hydrogen) atoms. The fraction of sp³-hybridized carbons (Fsp3) is 0.440. The van der Waals surface area contributed by atoms with Crippen LogP contribution in [0.4, 0.5) is 0 Å². The lowest BCUT2D eigenvalue weighted by molar-refractivity contribution is -0.143. The number of aryl methyl sites for hydroxylation is 1. The van der Waals surface area contributed by atoms with Gasteiger partial charge in [-0.15, -0.1) is 0 Å². The smallest absolute Gasteiger partial charge is 0.302 e. The van der Waals surface area contributed by atoms with Gasteiger partial charge >= 0.3 is 5.97 Å². The van der Waals surface area contributed by atoms with Crippen molar-refractivity contribution in [3.63, 3.8) is 0 Å². The molecule has 0 aliphatic carbocycles. The highest BCUT2D eigenvalue weighted by atomic mass is 79.9. The van der Waals surface area contributed by atoms with Gasteiger partial charge in [-0.2, -0.15) is 0 Å². The lowest BCUT2D eigenvalue weighted by Gasteiger charge is -2.25. The van der Waals surface area contributed by atoms with E-state index in [0.717, 1.165) is 34.4 Å². The fourth-order valence-corrected chi connectivity index (χ4v) is 4.45. The monoisotopic (exact) mass is 486 g/mol. The molecule has 0 bridgehead atoms. The van der Waals surface area contributed by atoms with Gasteiger partial charge in [0.1, 0.15) is 0 Å².